The summed E-state index contributed by atoms with van der Waals surface area (Å²) >= 11 is 0. The minimum absolute atomic E-state index is 0.378. The number of aliphatic hydroxyl groups is 1. The molecule has 15 heavy (non-hydrogen) atoms. The van der Waals surface area contributed by atoms with Crippen molar-refractivity contribution in [3.8, 4) is 0 Å². The summed E-state index contributed by atoms with van der Waals surface area (Å²) in [5.41, 5.74) is 0. The summed E-state index contributed by atoms with van der Waals surface area (Å²) in [6.07, 6.45) is 6.51. The van der Waals surface area contributed by atoms with Crippen LogP contribution in [0.1, 0.15) is 58.8 Å². The van der Waals surface area contributed by atoms with Gasteiger partial charge in [-0.15, -0.1) is 0 Å². The minimum atomic E-state index is -0.819. The predicted octanol–water partition coefficient (Wildman–Crippen LogP) is 2.82. The third-order valence-electron chi connectivity index (χ3n) is 2.69. The maximum absolute atomic E-state index is 10.5. The van der Waals surface area contributed by atoms with Crippen LogP contribution in [0.25, 0.3) is 0 Å². The Morgan fingerprint density at radius 1 is 1.20 bits per heavy atom. The van der Waals surface area contributed by atoms with E-state index in [2.05, 4.69) is 6.92 Å². The Morgan fingerprint density at radius 2 is 1.80 bits per heavy atom. The molecule has 2 unspecified atom stereocenters. The number of carboxylic acid groups (broad SMARTS) is 1. The first-order chi connectivity index (χ1) is 7.07. The third kappa shape index (κ3) is 8.43. The van der Waals surface area contributed by atoms with Crippen LogP contribution in [-0.4, -0.2) is 22.3 Å². The van der Waals surface area contributed by atoms with E-state index in [9.17, 15) is 9.90 Å². The molecule has 0 aliphatic carbocycles. The number of carbonyl (C=O) groups is 1. The van der Waals surface area contributed by atoms with E-state index >= 15 is 0 Å². The Balaban J connectivity index is 3.40. The van der Waals surface area contributed by atoms with E-state index in [4.69, 9.17) is 5.11 Å². The summed E-state index contributed by atoms with van der Waals surface area (Å²) in [5.74, 6) is -1.25. The first-order valence-electron chi connectivity index (χ1n) is 5.98. The highest BCUT2D eigenvalue weighted by molar-refractivity contribution is 5.69. The quantitative estimate of drug-likeness (QED) is 0.583. The zero-order chi connectivity index (χ0) is 11.7. The summed E-state index contributed by atoms with van der Waals surface area (Å²) in [5, 5.41) is 18.2. The van der Waals surface area contributed by atoms with Gasteiger partial charge in [-0.2, -0.15) is 0 Å². The first-order valence-corrected chi connectivity index (χ1v) is 5.98. The summed E-state index contributed by atoms with van der Waals surface area (Å²) in [7, 11) is 0. The van der Waals surface area contributed by atoms with Crippen molar-refractivity contribution in [2.45, 2.75) is 64.9 Å². The van der Waals surface area contributed by atoms with Gasteiger partial charge in [-0.25, -0.2) is 0 Å². The molecular weight excluding hydrogens is 192 g/mol. The summed E-state index contributed by atoms with van der Waals surface area (Å²) < 4.78 is 0. The lowest BCUT2D eigenvalue weighted by molar-refractivity contribution is -0.142. The van der Waals surface area contributed by atoms with Gasteiger partial charge in [0.15, 0.2) is 0 Å². The van der Waals surface area contributed by atoms with E-state index in [1.807, 2.05) is 0 Å². The number of unbranched alkanes of at least 4 members (excludes halogenated alkanes) is 4. The number of rotatable bonds is 9. The molecule has 0 fully saturated rings. The van der Waals surface area contributed by atoms with Crippen LogP contribution in [0.3, 0.4) is 0 Å². The van der Waals surface area contributed by atoms with Gasteiger partial charge < -0.3 is 10.2 Å². The third-order valence-corrected chi connectivity index (χ3v) is 2.69. The Morgan fingerprint density at radius 3 is 2.33 bits per heavy atom. The predicted molar refractivity (Wildman–Crippen MR) is 60.8 cm³/mol. The van der Waals surface area contributed by atoms with Crippen LogP contribution >= 0.6 is 0 Å². The smallest absolute Gasteiger partial charge is 0.306 e. The SMILES string of the molecule is CCCCCCCC(O)CC(C)C(=O)O. The standard InChI is InChI=1S/C12H24O3/c1-3-4-5-6-7-8-11(13)9-10(2)12(14)15/h10-11,13H,3-9H2,1-2H3,(H,14,15). The number of aliphatic hydroxyl groups excluding tert-OH is 1. The van der Waals surface area contributed by atoms with Gasteiger partial charge in [-0.3, -0.25) is 4.79 Å². The van der Waals surface area contributed by atoms with Crippen molar-refractivity contribution in [1.29, 1.82) is 0 Å². The molecule has 0 radical (unpaired) electrons. The second-order valence-corrected chi connectivity index (χ2v) is 4.33. The monoisotopic (exact) mass is 216 g/mol. The van der Waals surface area contributed by atoms with Crippen molar-refractivity contribution in [2.24, 2.45) is 5.92 Å². The molecule has 2 atom stereocenters. The highest BCUT2D eigenvalue weighted by Gasteiger charge is 2.15. The molecule has 90 valence electrons. The van der Waals surface area contributed by atoms with Crippen molar-refractivity contribution in [3.05, 3.63) is 0 Å². The van der Waals surface area contributed by atoms with Gasteiger partial charge in [-0.1, -0.05) is 46.0 Å². The van der Waals surface area contributed by atoms with Crippen molar-refractivity contribution >= 4 is 5.97 Å². The van der Waals surface area contributed by atoms with Gasteiger partial charge in [0.05, 0.1) is 12.0 Å². The molecule has 0 saturated carbocycles. The summed E-state index contributed by atoms with van der Waals surface area (Å²) in [6.45, 7) is 3.81. The van der Waals surface area contributed by atoms with Crippen LogP contribution in [0.4, 0.5) is 0 Å². The fourth-order valence-corrected chi connectivity index (χ4v) is 1.61. The lowest BCUT2D eigenvalue weighted by Crippen LogP contribution is -2.18. The Labute approximate surface area is 92.5 Å². The van der Waals surface area contributed by atoms with E-state index in [0.717, 1.165) is 19.3 Å². The second-order valence-electron chi connectivity index (χ2n) is 4.33. The fraction of sp³-hybridized carbons (Fsp3) is 0.917. The van der Waals surface area contributed by atoms with Gasteiger partial charge in [0.1, 0.15) is 0 Å². The first kappa shape index (κ1) is 14.4. The molecule has 0 saturated heterocycles. The second kappa shape index (κ2) is 8.72. The summed E-state index contributed by atoms with van der Waals surface area (Å²) in [4.78, 5) is 10.5. The van der Waals surface area contributed by atoms with Crippen molar-refractivity contribution in [2.75, 3.05) is 0 Å². The maximum Gasteiger partial charge on any atom is 0.306 e. The number of hydrogen-bond donors (Lipinski definition) is 2. The Kier molecular flexibility index (Phi) is 8.38. The zero-order valence-electron chi connectivity index (χ0n) is 9.91. The topological polar surface area (TPSA) is 57.5 Å². The zero-order valence-corrected chi connectivity index (χ0v) is 9.91. The molecule has 0 spiro atoms. The van der Waals surface area contributed by atoms with Crippen LogP contribution in [-0.2, 0) is 4.79 Å². The van der Waals surface area contributed by atoms with E-state index < -0.39 is 18.0 Å². The van der Waals surface area contributed by atoms with Gasteiger partial charge in [0.2, 0.25) is 0 Å². The van der Waals surface area contributed by atoms with Crippen molar-refractivity contribution < 1.29 is 15.0 Å². The maximum atomic E-state index is 10.5. The normalized spacial score (nSPS) is 14.9. The van der Waals surface area contributed by atoms with E-state index in [1.54, 1.807) is 6.92 Å². The van der Waals surface area contributed by atoms with Crippen LogP contribution in [0.15, 0.2) is 0 Å². The molecule has 0 aromatic carbocycles. The van der Waals surface area contributed by atoms with Crippen LogP contribution in [0.5, 0.6) is 0 Å². The highest BCUT2D eigenvalue weighted by Crippen LogP contribution is 2.13. The average molecular weight is 216 g/mol. The molecule has 0 rings (SSSR count). The average Bonchev–Trinajstić information content (AvgIpc) is 2.17. The number of aliphatic carboxylic acids is 1. The van der Waals surface area contributed by atoms with Crippen molar-refractivity contribution in [1.82, 2.24) is 0 Å². The molecule has 0 aliphatic heterocycles. The van der Waals surface area contributed by atoms with Gasteiger partial charge >= 0.3 is 5.97 Å². The summed E-state index contributed by atoms with van der Waals surface area (Å²) in [6, 6.07) is 0. The minimum Gasteiger partial charge on any atom is -0.481 e. The molecule has 0 heterocycles. The van der Waals surface area contributed by atoms with Crippen LogP contribution < -0.4 is 0 Å². The molecule has 2 N–H and O–H groups in total. The van der Waals surface area contributed by atoms with Gasteiger partial charge in [0, 0.05) is 0 Å². The highest BCUT2D eigenvalue weighted by atomic mass is 16.4. The molecule has 3 heteroatoms. The molecule has 0 aromatic rings. The lowest BCUT2D eigenvalue weighted by atomic mass is 9.99. The van der Waals surface area contributed by atoms with E-state index in [1.165, 1.54) is 19.3 Å². The number of hydrogen-bond acceptors (Lipinski definition) is 2. The number of carboxylic acids is 1. The van der Waals surface area contributed by atoms with Crippen molar-refractivity contribution in [3.63, 3.8) is 0 Å². The van der Waals surface area contributed by atoms with Gasteiger partial charge in [-0.05, 0) is 12.8 Å². The van der Waals surface area contributed by atoms with E-state index in [0.29, 0.717) is 6.42 Å². The van der Waals surface area contributed by atoms with Gasteiger partial charge in [0.25, 0.3) is 0 Å². The van der Waals surface area contributed by atoms with E-state index in [-0.39, 0.29) is 0 Å². The van der Waals surface area contributed by atoms with Crippen LogP contribution in [0, 0.1) is 5.92 Å². The Hall–Kier alpha value is -0.570. The molecule has 0 aromatic heterocycles. The molecule has 3 nitrogen and oxygen atoms in total. The molecule has 0 aliphatic rings. The molecule has 0 bridgehead atoms. The molecule has 0 amide bonds. The largest absolute Gasteiger partial charge is 0.481 e. The Bertz CT molecular complexity index is 168. The molecular formula is C12H24O3. The van der Waals surface area contributed by atoms with Crippen LogP contribution in [0.2, 0.25) is 0 Å². The lowest BCUT2D eigenvalue weighted by Gasteiger charge is -2.12. The fourth-order valence-electron chi connectivity index (χ4n) is 1.61.